The summed E-state index contributed by atoms with van der Waals surface area (Å²) in [4.78, 5) is 26.3. The Balaban J connectivity index is 1.84. The van der Waals surface area contributed by atoms with E-state index in [0.29, 0.717) is 13.1 Å². The highest BCUT2D eigenvalue weighted by molar-refractivity contribution is 5.75. The number of hydrogen-bond donors (Lipinski definition) is 1. The summed E-state index contributed by atoms with van der Waals surface area (Å²) in [7, 11) is 0. The summed E-state index contributed by atoms with van der Waals surface area (Å²) >= 11 is 0. The molecule has 0 bridgehead atoms. The molecule has 0 radical (unpaired) electrons. The molecule has 0 spiro atoms. The van der Waals surface area contributed by atoms with E-state index in [1.54, 1.807) is 0 Å². The maximum Gasteiger partial charge on any atom is 0.318 e. The highest BCUT2D eigenvalue weighted by atomic mass is 16.2. The molecule has 3 rings (SSSR count). The van der Waals surface area contributed by atoms with Crippen LogP contribution in [-0.2, 0) is 13.0 Å². The van der Waals surface area contributed by atoms with Gasteiger partial charge < -0.3 is 15.1 Å². The largest absolute Gasteiger partial charge is 0.356 e. The van der Waals surface area contributed by atoms with Gasteiger partial charge in [0.25, 0.3) is 0 Å². The molecule has 0 atom stereocenters. The second kappa shape index (κ2) is 6.81. The molecule has 1 N–H and O–H groups in total. The molecule has 25 heavy (non-hydrogen) atoms. The van der Waals surface area contributed by atoms with Gasteiger partial charge in [-0.05, 0) is 46.5 Å². The molecule has 1 fully saturated rings. The summed E-state index contributed by atoms with van der Waals surface area (Å²) in [6.07, 6.45) is 3.20. The summed E-state index contributed by atoms with van der Waals surface area (Å²) in [6, 6.07) is -0.00283. The number of rotatable bonds is 1. The highest BCUT2D eigenvalue weighted by Crippen LogP contribution is 2.29. The topological polar surface area (TPSA) is 61.4 Å². The average molecular weight is 345 g/mol. The number of carbonyl (C=O) groups is 1. The Bertz CT molecular complexity index is 644. The van der Waals surface area contributed by atoms with Gasteiger partial charge in [-0.3, -0.25) is 0 Å². The van der Waals surface area contributed by atoms with Crippen LogP contribution in [0.15, 0.2) is 0 Å². The van der Waals surface area contributed by atoms with E-state index < -0.39 is 0 Å². The van der Waals surface area contributed by atoms with Crippen molar-refractivity contribution in [2.45, 2.75) is 66.0 Å². The molecule has 0 aliphatic carbocycles. The number of fused-ring (bicyclic) bond motifs is 1. The van der Waals surface area contributed by atoms with Crippen LogP contribution in [0.5, 0.6) is 0 Å². The first kappa shape index (κ1) is 18.0. The Hall–Kier alpha value is -1.85. The maximum atomic E-state index is 12.6. The minimum absolute atomic E-state index is 0.00283. The number of anilines is 1. The normalized spacial score (nSPS) is 18.9. The molecule has 1 aromatic rings. The van der Waals surface area contributed by atoms with E-state index in [9.17, 15) is 4.79 Å². The van der Waals surface area contributed by atoms with Crippen LogP contribution in [0.25, 0.3) is 0 Å². The zero-order valence-corrected chi connectivity index (χ0v) is 16.2. The van der Waals surface area contributed by atoms with Crippen molar-refractivity contribution >= 4 is 11.8 Å². The summed E-state index contributed by atoms with van der Waals surface area (Å²) in [5.41, 5.74) is 2.02. The van der Waals surface area contributed by atoms with Crippen molar-refractivity contribution in [3.8, 4) is 0 Å². The summed E-state index contributed by atoms with van der Waals surface area (Å²) < 4.78 is 0. The molecule has 2 amide bonds. The summed E-state index contributed by atoms with van der Waals surface area (Å²) in [5, 5.41) is 3.07. The van der Waals surface area contributed by atoms with Crippen LogP contribution in [0.3, 0.4) is 0 Å². The number of hydrogen-bond acceptors (Lipinski definition) is 4. The Morgan fingerprint density at radius 2 is 1.84 bits per heavy atom. The average Bonchev–Trinajstić information content (AvgIpc) is 2.53. The first-order valence-corrected chi connectivity index (χ1v) is 9.41. The Labute approximate surface area is 151 Å². The van der Waals surface area contributed by atoms with E-state index in [2.05, 4.69) is 22.1 Å². The van der Waals surface area contributed by atoms with Crippen LogP contribution in [0, 0.1) is 12.8 Å². The van der Waals surface area contributed by atoms with Gasteiger partial charge in [-0.2, -0.15) is 0 Å². The summed E-state index contributed by atoms with van der Waals surface area (Å²) in [5.74, 6) is 2.66. The van der Waals surface area contributed by atoms with Crippen molar-refractivity contribution in [2.24, 2.45) is 5.92 Å². The number of nitrogens with one attached hydrogen (secondary N) is 1. The van der Waals surface area contributed by atoms with Gasteiger partial charge in [0.05, 0.1) is 12.2 Å². The molecule has 6 heteroatoms. The fourth-order valence-corrected chi connectivity index (χ4v) is 3.57. The van der Waals surface area contributed by atoms with Crippen LogP contribution in [-0.4, -0.2) is 46.1 Å². The van der Waals surface area contributed by atoms with Crippen LogP contribution in [0.2, 0.25) is 0 Å². The SMILES string of the molecule is Cc1nc2c(c(N3CCC(C)CC3)n1)CN(C(=O)NC(C)(C)C)CC2. The van der Waals surface area contributed by atoms with Crippen LogP contribution < -0.4 is 10.2 Å². The number of nitrogens with zero attached hydrogens (tertiary/aromatic N) is 4. The predicted molar refractivity (Wildman–Crippen MR) is 99.8 cm³/mol. The number of aromatic nitrogens is 2. The molecular weight excluding hydrogens is 314 g/mol. The molecule has 0 unspecified atom stereocenters. The number of carbonyl (C=O) groups excluding carboxylic acids is 1. The van der Waals surface area contributed by atoms with E-state index in [-0.39, 0.29) is 11.6 Å². The van der Waals surface area contributed by atoms with Gasteiger partial charge in [-0.1, -0.05) is 6.92 Å². The Morgan fingerprint density at radius 3 is 2.48 bits per heavy atom. The van der Waals surface area contributed by atoms with Crippen LogP contribution in [0.4, 0.5) is 10.6 Å². The second-order valence-corrected chi connectivity index (χ2v) is 8.54. The lowest BCUT2D eigenvalue weighted by molar-refractivity contribution is 0.182. The second-order valence-electron chi connectivity index (χ2n) is 8.54. The monoisotopic (exact) mass is 345 g/mol. The van der Waals surface area contributed by atoms with Crippen molar-refractivity contribution < 1.29 is 4.79 Å². The van der Waals surface area contributed by atoms with Crippen LogP contribution >= 0.6 is 0 Å². The molecular formula is C19H31N5O. The number of aryl methyl sites for hydroxylation is 1. The van der Waals surface area contributed by atoms with Gasteiger partial charge in [0, 0.05) is 37.2 Å². The number of urea groups is 1. The van der Waals surface area contributed by atoms with Crippen LogP contribution in [0.1, 0.15) is 57.6 Å². The Kier molecular flexibility index (Phi) is 4.89. The van der Waals surface area contributed by atoms with E-state index >= 15 is 0 Å². The third-order valence-electron chi connectivity index (χ3n) is 5.00. The van der Waals surface area contributed by atoms with Crippen molar-refractivity contribution in [1.29, 1.82) is 0 Å². The maximum absolute atomic E-state index is 12.6. The zero-order valence-electron chi connectivity index (χ0n) is 16.2. The van der Waals surface area contributed by atoms with Crippen molar-refractivity contribution in [1.82, 2.24) is 20.2 Å². The first-order valence-electron chi connectivity index (χ1n) is 9.41. The van der Waals surface area contributed by atoms with Crippen molar-refractivity contribution in [3.05, 3.63) is 17.1 Å². The van der Waals surface area contributed by atoms with E-state index in [1.807, 2.05) is 32.6 Å². The predicted octanol–water partition coefficient (Wildman–Crippen LogP) is 2.89. The lowest BCUT2D eigenvalue weighted by Gasteiger charge is -2.36. The third kappa shape index (κ3) is 4.22. The number of amides is 2. The molecule has 0 aromatic carbocycles. The molecule has 1 saturated heterocycles. The zero-order chi connectivity index (χ0) is 18.2. The molecule has 2 aliphatic heterocycles. The molecule has 138 valence electrons. The minimum Gasteiger partial charge on any atom is -0.356 e. The van der Waals surface area contributed by atoms with Gasteiger partial charge in [-0.15, -0.1) is 0 Å². The van der Waals surface area contributed by atoms with E-state index in [1.165, 1.54) is 12.8 Å². The quantitative estimate of drug-likeness (QED) is 0.850. The fourth-order valence-electron chi connectivity index (χ4n) is 3.57. The van der Waals surface area contributed by atoms with E-state index in [0.717, 1.165) is 48.3 Å². The molecule has 6 nitrogen and oxygen atoms in total. The van der Waals surface area contributed by atoms with Gasteiger partial charge in [0.15, 0.2) is 0 Å². The highest BCUT2D eigenvalue weighted by Gasteiger charge is 2.29. The standard InChI is InChI=1S/C19H31N5O/c1-13-6-9-23(10-7-13)17-15-12-24(18(25)22-19(3,4)5)11-8-16(15)20-14(2)21-17/h13H,6-12H2,1-5H3,(H,22,25). The lowest BCUT2D eigenvalue weighted by Crippen LogP contribution is -2.50. The Morgan fingerprint density at radius 1 is 1.16 bits per heavy atom. The molecule has 2 aliphatic rings. The fraction of sp³-hybridized carbons (Fsp3) is 0.737. The lowest BCUT2D eigenvalue weighted by atomic mass is 9.98. The van der Waals surface area contributed by atoms with Crippen molar-refractivity contribution in [2.75, 3.05) is 24.5 Å². The van der Waals surface area contributed by atoms with Gasteiger partial charge in [0.2, 0.25) is 0 Å². The molecule has 1 aromatic heterocycles. The summed E-state index contributed by atoms with van der Waals surface area (Å²) in [6.45, 7) is 13.7. The van der Waals surface area contributed by atoms with E-state index in [4.69, 9.17) is 4.98 Å². The smallest absolute Gasteiger partial charge is 0.318 e. The minimum atomic E-state index is -0.229. The van der Waals surface area contributed by atoms with Gasteiger partial charge in [0.1, 0.15) is 11.6 Å². The third-order valence-corrected chi connectivity index (χ3v) is 5.00. The molecule has 0 saturated carbocycles. The number of piperidine rings is 1. The van der Waals surface area contributed by atoms with Crippen molar-refractivity contribution in [3.63, 3.8) is 0 Å². The molecule has 3 heterocycles. The van der Waals surface area contributed by atoms with Gasteiger partial charge in [-0.25, -0.2) is 14.8 Å². The van der Waals surface area contributed by atoms with Gasteiger partial charge >= 0.3 is 6.03 Å². The first-order chi connectivity index (χ1) is 11.7.